The predicted octanol–water partition coefficient (Wildman–Crippen LogP) is 0.912. The Morgan fingerprint density at radius 3 is 2.60 bits per heavy atom. The van der Waals surface area contributed by atoms with Crippen molar-refractivity contribution in [2.24, 2.45) is 11.1 Å². The minimum atomic E-state index is -3.56. The summed E-state index contributed by atoms with van der Waals surface area (Å²) in [5.74, 6) is -0.0697. The molecule has 6 heteroatoms. The average molecular weight is 235 g/mol. The van der Waals surface area contributed by atoms with Crippen LogP contribution in [-0.2, 0) is 14.4 Å². The van der Waals surface area contributed by atoms with Crippen LogP contribution in [0.1, 0.15) is 20.3 Å². The van der Waals surface area contributed by atoms with Crippen LogP contribution in [0.4, 0.5) is 0 Å². The van der Waals surface area contributed by atoms with Gasteiger partial charge in [-0.25, -0.2) is 0 Å². The summed E-state index contributed by atoms with van der Waals surface area (Å²) in [4.78, 5) is 0. The Bertz CT molecular complexity index is 334. The van der Waals surface area contributed by atoms with Gasteiger partial charge in [-0.3, -0.25) is 4.28 Å². The van der Waals surface area contributed by atoms with E-state index >= 15 is 0 Å². The Morgan fingerprint density at radius 1 is 1.67 bits per heavy atom. The van der Waals surface area contributed by atoms with Crippen molar-refractivity contribution in [2.75, 3.05) is 6.26 Å². The molecule has 15 heavy (non-hydrogen) atoms. The van der Waals surface area contributed by atoms with Gasteiger partial charge in [-0.1, -0.05) is 18.2 Å². The largest absolute Gasteiger partial charge is 0.389 e. The molecule has 1 N–H and O–H groups in total. The van der Waals surface area contributed by atoms with E-state index in [-0.39, 0.29) is 5.92 Å². The first-order chi connectivity index (χ1) is 6.76. The number of aliphatic hydroxyl groups excluding tert-OH is 1. The fraction of sp³-hybridized carbons (Fsp3) is 0.667. The van der Waals surface area contributed by atoms with Crippen LogP contribution >= 0.6 is 0 Å². The molecule has 0 aliphatic carbocycles. The molecule has 5 nitrogen and oxygen atoms in total. The molecule has 0 fully saturated rings. The molecule has 0 saturated heterocycles. The molecular formula is C9H17NO4S. The van der Waals surface area contributed by atoms with Crippen molar-refractivity contribution < 1.29 is 17.8 Å². The number of aliphatic hydroxyl groups is 1. The van der Waals surface area contributed by atoms with Gasteiger partial charge < -0.3 is 5.11 Å². The first-order valence-electron chi connectivity index (χ1n) is 4.50. The van der Waals surface area contributed by atoms with Gasteiger partial charge in [0.25, 0.3) is 0 Å². The molecule has 0 aromatic rings. The minimum absolute atomic E-state index is 0.0697. The zero-order chi connectivity index (χ0) is 12.1. The summed E-state index contributed by atoms with van der Waals surface area (Å²) in [6.45, 7) is 6.90. The van der Waals surface area contributed by atoms with E-state index in [0.29, 0.717) is 12.1 Å². The lowest BCUT2D eigenvalue weighted by atomic mass is 9.99. The van der Waals surface area contributed by atoms with Crippen molar-refractivity contribution >= 4 is 15.8 Å². The van der Waals surface area contributed by atoms with Gasteiger partial charge in [0.05, 0.1) is 18.1 Å². The maximum Gasteiger partial charge on any atom is 0.325 e. The normalized spacial score (nSPS) is 16.9. The summed E-state index contributed by atoms with van der Waals surface area (Å²) in [7, 11) is -3.56. The van der Waals surface area contributed by atoms with E-state index in [1.165, 1.54) is 6.08 Å². The number of hydrogen-bond donors (Lipinski definition) is 1. The van der Waals surface area contributed by atoms with Gasteiger partial charge in [0, 0.05) is 5.92 Å². The summed E-state index contributed by atoms with van der Waals surface area (Å²) >= 11 is 0. The summed E-state index contributed by atoms with van der Waals surface area (Å²) in [5, 5.41) is 12.7. The molecule has 0 bridgehead atoms. The van der Waals surface area contributed by atoms with E-state index in [9.17, 15) is 13.5 Å². The Morgan fingerprint density at radius 2 is 2.20 bits per heavy atom. The van der Waals surface area contributed by atoms with Gasteiger partial charge in [0.15, 0.2) is 0 Å². The van der Waals surface area contributed by atoms with Gasteiger partial charge in [-0.2, -0.15) is 8.42 Å². The van der Waals surface area contributed by atoms with Crippen LogP contribution in [0, 0.1) is 5.92 Å². The highest BCUT2D eigenvalue weighted by molar-refractivity contribution is 7.85. The van der Waals surface area contributed by atoms with E-state index in [1.54, 1.807) is 6.92 Å². The van der Waals surface area contributed by atoms with E-state index in [0.717, 1.165) is 6.26 Å². The summed E-state index contributed by atoms with van der Waals surface area (Å²) in [5.41, 5.74) is 0.515. The molecule has 0 rings (SSSR count). The summed E-state index contributed by atoms with van der Waals surface area (Å²) in [6, 6.07) is 0. The molecule has 0 saturated carbocycles. The van der Waals surface area contributed by atoms with Crippen LogP contribution in [0.2, 0.25) is 0 Å². The number of hydrogen-bond acceptors (Lipinski definition) is 5. The molecular weight excluding hydrogens is 218 g/mol. The third-order valence-electron chi connectivity index (χ3n) is 1.90. The molecule has 0 aliphatic rings. The van der Waals surface area contributed by atoms with Crippen molar-refractivity contribution in [3.8, 4) is 0 Å². The van der Waals surface area contributed by atoms with Crippen molar-refractivity contribution in [1.82, 2.24) is 0 Å². The first kappa shape index (κ1) is 14.1. The standard InChI is InChI=1S/C9H17NO4S/c1-5-9(11)6-7(2)8(3)10-14-15(4,12)13/h5,7,9,11H,1,6H2,2-4H3. The lowest BCUT2D eigenvalue weighted by Gasteiger charge is -2.12. The monoisotopic (exact) mass is 235 g/mol. The third kappa shape index (κ3) is 7.10. The van der Waals surface area contributed by atoms with Crippen molar-refractivity contribution in [3.63, 3.8) is 0 Å². The van der Waals surface area contributed by atoms with Crippen LogP contribution in [0.15, 0.2) is 17.8 Å². The Hall–Kier alpha value is -0.880. The van der Waals surface area contributed by atoms with Gasteiger partial charge in [-0.05, 0) is 13.3 Å². The maximum absolute atomic E-state index is 10.6. The summed E-state index contributed by atoms with van der Waals surface area (Å²) < 4.78 is 25.6. The smallest absolute Gasteiger partial charge is 0.325 e. The predicted molar refractivity (Wildman–Crippen MR) is 59.0 cm³/mol. The molecule has 0 aromatic heterocycles. The van der Waals surface area contributed by atoms with Crippen molar-refractivity contribution in [3.05, 3.63) is 12.7 Å². The number of oxime groups is 1. The third-order valence-corrected chi connectivity index (χ3v) is 2.24. The number of nitrogens with zero attached hydrogens (tertiary/aromatic N) is 1. The molecule has 0 aromatic carbocycles. The van der Waals surface area contributed by atoms with Gasteiger partial charge >= 0.3 is 10.1 Å². The fourth-order valence-corrected chi connectivity index (χ4v) is 1.10. The molecule has 0 amide bonds. The quantitative estimate of drug-likeness (QED) is 0.422. The molecule has 0 spiro atoms. The van der Waals surface area contributed by atoms with Crippen LogP contribution < -0.4 is 0 Å². The molecule has 88 valence electrons. The second-order valence-corrected chi connectivity index (χ2v) is 5.01. The van der Waals surface area contributed by atoms with Crippen LogP contribution in [-0.4, -0.2) is 31.6 Å². The highest BCUT2D eigenvalue weighted by Crippen LogP contribution is 2.09. The first-order valence-corrected chi connectivity index (χ1v) is 6.31. The van der Waals surface area contributed by atoms with Crippen molar-refractivity contribution in [1.29, 1.82) is 0 Å². The SMILES string of the molecule is C=CC(O)CC(C)C(C)=NOS(C)(=O)=O. The molecule has 0 aliphatic heterocycles. The van der Waals surface area contributed by atoms with Gasteiger partial charge in [0.1, 0.15) is 0 Å². The summed E-state index contributed by atoms with van der Waals surface area (Å²) in [6.07, 6.45) is 2.16. The van der Waals surface area contributed by atoms with E-state index in [1.807, 2.05) is 6.92 Å². The van der Waals surface area contributed by atoms with Crippen LogP contribution in [0.5, 0.6) is 0 Å². The second kappa shape index (κ2) is 5.87. The molecule has 2 unspecified atom stereocenters. The van der Waals surface area contributed by atoms with E-state index in [2.05, 4.69) is 16.0 Å². The lowest BCUT2D eigenvalue weighted by molar-refractivity contribution is 0.202. The fourth-order valence-electron chi connectivity index (χ4n) is 0.845. The Balaban J connectivity index is 4.31. The van der Waals surface area contributed by atoms with Crippen LogP contribution in [0.3, 0.4) is 0 Å². The lowest BCUT2D eigenvalue weighted by Crippen LogP contribution is -2.15. The maximum atomic E-state index is 10.6. The van der Waals surface area contributed by atoms with Crippen LogP contribution in [0.25, 0.3) is 0 Å². The zero-order valence-corrected chi connectivity index (χ0v) is 9.99. The molecule has 0 radical (unpaired) electrons. The zero-order valence-electron chi connectivity index (χ0n) is 9.17. The van der Waals surface area contributed by atoms with E-state index < -0.39 is 16.2 Å². The van der Waals surface area contributed by atoms with Gasteiger partial charge in [0.2, 0.25) is 0 Å². The topological polar surface area (TPSA) is 76.0 Å². The van der Waals surface area contributed by atoms with E-state index in [4.69, 9.17) is 0 Å². The average Bonchev–Trinajstić information content (AvgIpc) is 2.12. The Labute approximate surface area is 90.6 Å². The van der Waals surface area contributed by atoms with Gasteiger partial charge in [-0.15, -0.1) is 6.58 Å². The highest BCUT2D eigenvalue weighted by atomic mass is 32.2. The highest BCUT2D eigenvalue weighted by Gasteiger charge is 2.11. The minimum Gasteiger partial charge on any atom is -0.389 e. The molecule has 2 atom stereocenters. The van der Waals surface area contributed by atoms with Crippen molar-refractivity contribution in [2.45, 2.75) is 26.4 Å². The number of rotatable bonds is 6. The molecule has 0 heterocycles. The second-order valence-electron chi connectivity index (χ2n) is 3.45. The Kier molecular flexibility index (Phi) is 5.53.